The van der Waals surface area contributed by atoms with E-state index in [0.717, 1.165) is 10.0 Å². The summed E-state index contributed by atoms with van der Waals surface area (Å²) >= 11 is 0. The second-order valence-corrected chi connectivity index (χ2v) is 12.2. The maximum Gasteiger partial charge on any atom is 0.407 e. The monoisotopic (exact) mass is 568 g/mol. The van der Waals surface area contributed by atoms with Gasteiger partial charge in [0.1, 0.15) is 11.5 Å². The maximum absolute atomic E-state index is 14.2. The number of benzene rings is 3. The molecule has 0 aliphatic rings. The number of para-hydroxylation sites is 2. The fourth-order valence-electron chi connectivity index (χ4n) is 4.75. The Labute approximate surface area is 237 Å². The number of aryl methyl sites for hydroxylation is 1. The second-order valence-electron chi connectivity index (χ2n) is 10.2. The molecule has 0 aliphatic carbocycles. The molecule has 3 aromatic carbocycles. The molecular formula is C31H40N2O6S. The molecule has 0 heterocycles. The molecule has 0 saturated heterocycles. The number of carboxylic acid groups (broad SMARTS) is 1. The molecule has 1 amide bonds. The van der Waals surface area contributed by atoms with Gasteiger partial charge in [-0.25, -0.2) is 13.2 Å². The molecule has 0 bridgehead atoms. The highest BCUT2D eigenvalue weighted by molar-refractivity contribution is 7.89. The van der Waals surface area contributed by atoms with Crippen LogP contribution in [0.15, 0.2) is 84.9 Å². The van der Waals surface area contributed by atoms with Crippen molar-refractivity contribution in [1.29, 1.82) is 0 Å². The lowest BCUT2D eigenvalue weighted by molar-refractivity contribution is 0.0331. The first-order chi connectivity index (χ1) is 19.1. The number of sulfonamides is 1. The van der Waals surface area contributed by atoms with Crippen LogP contribution in [0.4, 0.5) is 4.79 Å². The van der Waals surface area contributed by atoms with Crippen LogP contribution in [0.25, 0.3) is 0 Å². The lowest BCUT2D eigenvalue weighted by atomic mass is 9.89. The van der Waals surface area contributed by atoms with E-state index in [1.165, 1.54) is 4.90 Å². The molecule has 0 radical (unpaired) electrons. The lowest BCUT2D eigenvalue weighted by Gasteiger charge is -2.34. The van der Waals surface area contributed by atoms with Crippen molar-refractivity contribution in [3.8, 4) is 11.5 Å². The Bertz CT molecular complexity index is 1300. The van der Waals surface area contributed by atoms with Gasteiger partial charge in [0.05, 0.1) is 11.8 Å². The van der Waals surface area contributed by atoms with Gasteiger partial charge in [0.2, 0.25) is 10.0 Å². The molecule has 40 heavy (non-hydrogen) atoms. The summed E-state index contributed by atoms with van der Waals surface area (Å²) in [5.41, 5.74) is 1.52. The maximum atomic E-state index is 14.2. The van der Waals surface area contributed by atoms with Crippen molar-refractivity contribution in [2.75, 3.05) is 13.1 Å². The number of aromatic hydroxyl groups is 1. The van der Waals surface area contributed by atoms with Gasteiger partial charge in [0.15, 0.2) is 0 Å². The topological polar surface area (TPSA) is 107 Å². The molecule has 0 spiro atoms. The fourth-order valence-corrected chi connectivity index (χ4v) is 6.91. The largest absolute Gasteiger partial charge is 0.508 e. The van der Waals surface area contributed by atoms with Gasteiger partial charge in [0, 0.05) is 13.1 Å². The van der Waals surface area contributed by atoms with E-state index in [9.17, 15) is 23.4 Å². The van der Waals surface area contributed by atoms with Crippen molar-refractivity contribution in [3.05, 3.63) is 96.1 Å². The van der Waals surface area contributed by atoms with Gasteiger partial charge in [-0.3, -0.25) is 0 Å². The highest BCUT2D eigenvalue weighted by Gasteiger charge is 2.39. The van der Waals surface area contributed by atoms with Gasteiger partial charge in [-0.1, -0.05) is 87.5 Å². The van der Waals surface area contributed by atoms with Crippen LogP contribution in [0.1, 0.15) is 44.7 Å². The zero-order chi connectivity index (χ0) is 29.1. The minimum atomic E-state index is -4.00. The van der Waals surface area contributed by atoms with Gasteiger partial charge in [0.25, 0.3) is 0 Å². The van der Waals surface area contributed by atoms with Gasteiger partial charge in [-0.05, 0) is 64.9 Å². The van der Waals surface area contributed by atoms with E-state index in [1.54, 1.807) is 48.5 Å². The first kappa shape index (κ1) is 31.0. The van der Waals surface area contributed by atoms with E-state index in [1.807, 2.05) is 57.2 Å². The highest BCUT2D eigenvalue weighted by atomic mass is 32.2. The molecular weight excluding hydrogens is 528 g/mol. The van der Waals surface area contributed by atoms with E-state index in [4.69, 9.17) is 4.84 Å². The average molecular weight is 569 g/mol. The van der Waals surface area contributed by atoms with Crippen LogP contribution >= 0.6 is 0 Å². The number of hydroxylamine groups is 1. The summed E-state index contributed by atoms with van der Waals surface area (Å²) in [7, 11) is -4.00. The van der Waals surface area contributed by atoms with Crippen LogP contribution in [-0.2, 0) is 23.0 Å². The summed E-state index contributed by atoms with van der Waals surface area (Å²) < 4.78 is 29.5. The van der Waals surface area contributed by atoms with Crippen LogP contribution < -0.4 is 4.84 Å². The Kier molecular flexibility index (Phi) is 11.4. The summed E-state index contributed by atoms with van der Waals surface area (Å²) in [6, 6.07) is 25.0. The zero-order valence-corrected chi connectivity index (χ0v) is 24.2. The van der Waals surface area contributed by atoms with Crippen molar-refractivity contribution >= 4 is 16.1 Å². The third-order valence-corrected chi connectivity index (χ3v) is 9.45. The minimum Gasteiger partial charge on any atom is -0.508 e. The number of hydrogen-bond acceptors (Lipinski definition) is 5. The normalized spacial score (nSPS) is 13.9. The summed E-state index contributed by atoms with van der Waals surface area (Å²) in [6.45, 7) is 6.17. The van der Waals surface area contributed by atoms with Crippen LogP contribution in [0, 0.1) is 11.8 Å². The Morgan fingerprint density at radius 1 is 0.925 bits per heavy atom. The van der Waals surface area contributed by atoms with E-state index in [-0.39, 0.29) is 37.7 Å². The number of hydrogen-bond donors (Lipinski definition) is 2. The van der Waals surface area contributed by atoms with E-state index in [0.29, 0.717) is 24.2 Å². The summed E-state index contributed by atoms with van der Waals surface area (Å²) in [5.74, 6) is -0.179. The highest BCUT2D eigenvalue weighted by Crippen LogP contribution is 2.31. The molecule has 3 atom stereocenters. The third-order valence-electron chi connectivity index (χ3n) is 7.19. The summed E-state index contributed by atoms with van der Waals surface area (Å²) in [4.78, 5) is 19.3. The Hall–Kier alpha value is -3.56. The van der Waals surface area contributed by atoms with Crippen LogP contribution in [0.3, 0.4) is 0 Å². The smallest absolute Gasteiger partial charge is 0.407 e. The van der Waals surface area contributed by atoms with Crippen molar-refractivity contribution in [3.63, 3.8) is 0 Å². The second kappa shape index (κ2) is 14.7. The molecule has 3 aromatic rings. The van der Waals surface area contributed by atoms with Crippen molar-refractivity contribution < 1.29 is 28.3 Å². The van der Waals surface area contributed by atoms with Gasteiger partial charge >= 0.3 is 6.09 Å². The van der Waals surface area contributed by atoms with Gasteiger partial charge in [-0.15, -0.1) is 0 Å². The van der Waals surface area contributed by atoms with Crippen molar-refractivity contribution in [2.24, 2.45) is 11.8 Å². The zero-order valence-electron chi connectivity index (χ0n) is 23.4. The molecule has 216 valence electrons. The number of amides is 1. The SMILES string of the molecule is CCCN(Oc1ccccc1)S(=O)(=O)C(CCc1ccccc1O)C(C)C(C)CN(Cc1ccccc1)C(=O)O. The number of carbonyl (C=O) groups is 1. The molecule has 0 aliphatic heterocycles. The number of phenols is 1. The van der Waals surface area contributed by atoms with Gasteiger partial charge < -0.3 is 20.0 Å². The number of phenolic OH excluding ortho intramolecular Hbond substituents is 1. The first-order valence-corrected chi connectivity index (χ1v) is 15.2. The summed E-state index contributed by atoms with van der Waals surface area (Å²) in [5, 5.41) is 19.4. The van der Waals surface area contributed by atoms with Crippen LogP contribution in [-0.4, -0.2) is 52.4 Å². The Morgan fingerprint density at radius 2 is 1.52 bits per heavy atom. The lowest BCUT2D eigenvalue weighted by Crippen LogP contribution is -2.47. The third kappa shape index (κ3) is 8.47. The Balaban J connectivity index is 1.89. The molecule has 2 N–H and O–H groups in total. The van der Waals surface area contributed by atoms with E-state index in [2.05, 4.69) is 0 Å². The molecule has 0 fully saturated rings. The Morgan fingerprint density at radius 3 is 2.12 bits per heavy atom. The molecule has 8 nitrogen and oxygen atoms in total. The summed E-state index contributed by atoms with van der Waals surface area (Å²) in [6.07, 6.45) is 0.0595. The quantitative estimate of drug-likeness (QED) is 0.212. The van der Waals surface area contributed by atoms with Crippen molar-refractivity contribution in [1.82, 2.24) is 9.37 Å². The standard InChI is InChI=1S/C31H40N2O6S/c1-4-21-33(39-28-16-9-6-10-17-28)40(37,38)30(20-19-27-15-11-12-18-29(27)34)25(3)24(2)22-32(31(35)36)23-26-13-7-5-8-14-26/h5-18,24-25,30,34H,4,19-23H2,1-3H3,(H,35,36). The van der Waals surface area contributed by atoms with Gasteiger partial charge in [-0.2, -0.15) is 0 Å². The number of rotatable bonds is 15. The predicted octanol–water partition coefficient (Wildman–Crippen LogP) is 6.18. The molecule has 0 saturated carbocycles. The van der Waals surface area contributed by atoms with Crippen LogP contribution in [0.2, 0.25) is 0 Å². The molecule has 0 aromatic heterocycles. The molecule has 9 heteroatoms. The first-order valence-electron chi connectivity index (χ1n) is 13.7. The van der Waals surface area contributed by atoms with E-state index < -0.39 is 27.3 Å². The van der Waals surface area contributed by atoms with E-state index >= 15 is 0 Å². The minimum absolute atomic E-state index is 0.116. The predicted molar refractivity (Wildman–Crippen MR) is 156 cm³/mol. The fraction of sp³-hybridized carbons (Fsp3) is 0.387. The molecule has 3 rings (SSSR count). The van der Waals surface area contributed by atoms with Crippen molar-refractivity contribution in [2.45, 2.75) is 51.8 Å². The number of nitrogens with zero attached hydrogens (tertiary/aromatic N) is 2. The van der Waals surface area contributed by atoms with Crippen LogP contribution in [0.5, 0.6) is 11.5 Å². The average Bonchev–Trinajstić information content (AvgIpc) is 2.94. The molecule has 3 unspecified atom stereocenters.